The first-order valence-corrected chi connectivity index (χ1v) is 8.56. The number of hydrogen-bond acceptors (Lipinski definition) is 4. The molecule has 2 aromatic carbocycles. The monoisotopic (exact) mass is 388 g/mol. The van der Waals surface area contributed by atoms with E-state index in [2.05, 4.69) is 16.2 Å². The molecule has 0 unspecified atom stereocenters. The second kappa shape index (κ2) is 10.2. The number of nitrogens with zero attached hydrogens (tertiary/aromatic N) is 1. The fourth-order valence-electron chi connectivity index (χ4n) is 2.01. The first-order valence-electron chi connectivity index (χ1n) is 7.77. The molecule has 2 aromatic rings. The van der Waals surface area contributed by atoms with Gasteiger partial charge in [-0.3, -0.25) is 15.6 Å². The van der Waals surface area contributed by atoms with Crippen LogP contribution in [0.15, 0.2) is 48.5 Å². The maximum Gasteiger partial charge on any atom is 0.276 e. The summed E-state index contributed by atoms with van der Waals surface area (Å²) < 4.78 is 5.32. The van der Waals surface area contributed by atoms with Gasteiger partial charge in [0.1, 0.15) is 11.8 Å². The first-order chi connectivity index (χ1) is 12.6. The summed E-state index contributed by atoms with van der Waals surface area (Å²) in [7, 11) is 0. The summed E-state index contributed by atoms with van der Waals surface area (Å²) in [5, 5.41) is 12.9. The zero-order valence-corrected chi connectivity index (χ0v) is 15.4. The van der Waals surface area contributed by atoms with Crippen LogP contribution in [0.5, 0.6) is 5.75 Å². The minimum absolute atomic E-state index is 0.237. The second-order valence-electron chi connectivity index (χ2n) is 5.20. The van der Waals surface area contributed by atoms with E-state index in [1.165, 1.54) is 0 Å². The van der Waals surface area contributed by atoms with Gasteiger partial charge in [-0.15, -0.1) is 0 Å². The van der Waals surface area contributed by atoms with E-state index in [4.69, 9.17) is 33.8 Å². The third-order valence-corrected chi connectivity index (χ3v) is 3.79. The van der Waals surface area contributed by atoms with Crippen molar-refractivity contribution in [1.82, 2.24) is 16.2 Å². The predicted octanol–water partition coefficient (Wildman–Crippen LogP) is 2.33. The molecule has 0 fully saturated rings. The van der Waals surface area contributed by atoms with E-state index in [-0.39, 0.29) is 6.61 Å². The van der Waals surface area contributed by atoms with Gasteiger partial charge in [-0.25, -0.2) is 0 Å². The van der Waals surface area contributed by atoms with Crippen LogP contribution in [-0.4, -0.2) is 24.2 Å². The number of carbonyl (C=O) groups is 1. The molecule has 0 aliphatic carbocycles. The number of carbonyl (C=O) groups excluding carboxylic acids is 1. The molecular formula is C18H17ClN4O2S. The van der Waals surface area contributed by atoms with Gasteiger partial charge in [0.05, 0.1) is 5.56 Å². The Morgan fingerprint density at radius 1 is 1.15 bits per heavy atom. The lowest BCUT2D eigenvalue weighted by Crippen LogP contribution is -2.48. The number of thiocarbonyl (C=S) groups is 1. The predicted molar refractivity (Wildman–Crippen MR) is 104 cm³/mol. The lowest BCUT2D eigenvalue weighted by Gasteiger charge is -2.12. The minimum atomic E-state index is -0.417. The molecule has 134 valence electrons. The highest BCUT2D eigenvalue weighted by molar-refractivity contribution is 7.80. The molecule has 2 rings (SSSR count). The van der Waals surface area contributed by atoms with Crippen molar-refractivity contribution in [2.75, 3.05) is 13.2 Å². The molecule has 0 saturated heterocycles. The van der Waals surface area contributed by atoms with Gasteiger partial charge in [-0.1, -0.05) is 35.9 Å². The maximum absolute atomic E-state index is 11.8. The van der Waals surface area contributed by atoms with Gasteiger partial charge in [-0.05, 0) is 48.5 Å². The number of halogens is 1. The molecule has 0 bridgehead atoms. The van der Waals surface area contributed by atoms with Crippen molar-refractivity contribution in [2.45, 2.75) is 6.42 Å². The molecule has 1 amide bonds. The molecule has 3 N–H and O–H groups in total. The van der Waals surface area contributed by atoms with Gasteiger partial charge in [0, 0.05) is 11.6 Å². The van der Waals surface area contributed by atoms with Crippen molar-refractivity contribution >= 4 is 34.8 Å². The molecule has 0 radical (unpaired) electrons. The number of para-hydroxylation sites is 1. The molecule has 0 atom stereocenters. The molecule has 0 spiro atoms. The Hall–Kier alpha value is -2.82. The smallest absolute Gasteiger partial charge is 0.276 e. The quantitative estimate of drug-likeness (QED) is 0.520. The number of hydrazine groups is 1. The average Bonchev–Trinajstić information content (AvgIpc) is 2.66. The summed E-state index contributed by atoms with van der Waals surface area (Å²) in [4.78, 5) is 11.8. The zero-order chi connectivity index (χ0) is 18.8. The highest BCUT2D eigenvalue weighted by Crippen LogP contribution is 2.16. The number of nitriles is 1. The topological polar surface area (TPSA) is 86.2 Å². The summed E-state index contributed by atoms with van der Waals surface area (Å²) in [6, 6.07) is 16.2. The summed E-state index contributed by atoms with van der Waals surface area (Å²) >= 11 is 10.9. The summed E-state index contributed by atoms with van der Waals surface area (Å²) in [5.74, 6) is -0.0617. The molecule has 0 aliphatic heterocycles. The largest absolute Gasteiger partial charge is 0.482 e. The van der Waals surface area contributed by atoms with Gasteiger partial charge in [0.15, 0.2) is 11.7 Å². The lowest BCUT2D eigenvalue weighted by atomic mass is 10.1. The van der Waals surface area contributed by atoms with Crippen LogP contribution in [0.3, 0.4) is 0 Å². The normalized spacial score (nSPS) is 9.69. The fourth-order valence-corrected chi connectivity index (χ4v) is 2.29. The minimum Gasteiger partial charge on any atom is -0.482 e. The van der Waals surface area contributed by atoms with Crippen LogP contribution >= 0.6 is 23.8 Å². The average molecular weight is 389 g/mol. The Balaban J connectivity index is 1.64. The third kappa shape index (κ3) is 6.59. The fraction of sp³-hybridized carbons (Fsp3) is 0.167. The van der Waals surface area contributed by atoms with Crippen molar-refractivity contribution < 1.29 is 9.53 Å². The molecule has 0 aliphatic rings. The van der Waals surface area contributed by atoms with Crippen LogP contribution < -0.4 is 20.9 Å². The highest BCUT2D eigenvalue weighted by atomic mass is 35.5. The lowest BCUT2D eigenvalue weighted by molar-refractivity contribution is -0.123. The van der Waals surface area contributed by atoms with Crippen LogP contribution in [-0.2, 0) is 11.2 Å². The van der Waals surface area contributed by atoms with E-state index in [1.807, 2.05) is 30.3 Å². The van der Waals surface area contributed by atoms with Crippen molar-refractivity contribution in [1.29, 1.82) is 5.26 Å². The molecule has 6 nitrogen and oxygen atoms in total. The molecular weight excluding hydrogens is 372 g/mol. The number of amides is 1. The SMILES string of the molecule is N#Cc1ccccc1OCC(=O)NNC(=S)NCCc1ccc(Cl)cc1. The first kappa shape index (κ1) is 19.5. The Bertz CT molecular complexity index is 806. The van der Waals surface area contributed by atoms with E-state index in [0.717, 1.165) is 12.0 Å². The molecule has 0 heterocycles. The second-order valence-corrected chi connectivity index (χ2v) is 6.05. The Morgan fingerprint density at radius 2 is 1.88 bits per heavy atom. The van der Waals surface area contributed by atoms with Crippen LogP contribution in [0.25, 0.3) is 0 Å². The van der Waals surface area contributed by atoms with Gasteiger partial charge in [0.25, 0.3) is 5.91 Å². The Kier molecular flexibility index (Phi) is 7.68. The van der Waals surface area contributed by atoms with Gasteiger partial charge >= 0.3 is 0 Å². The summed E-state index contributed by atoms with van der Waals surface area (Å²) in [5.41, 5.74) is 6.52. The van der Waals surface area contributed by atoms with Gasteiger partial charge in [0.2, 0.25) is 0 Å². The van der Waals surface area contributed by atoms with Crippen molar-refractivity contribution in [3.05, 3.63) is 64.7 Å². The van der Waals surface area contributed by atoms with Crippen molar-refractivity contribution in [3.8, 4) is 11.8 Å². The van der Waals surface area contributed by atoms with Crippen molar-refractivity contribution in [3.63, 3.8) is 0 Å². The summed E-state index contributed by atoms with van der Waals surface area (Å²) in [6.07, 6.45) is 0.765. The van der Waals surface area contributed by atoms with Gasteiger partial charge in [-0.2, -0.15) is 5.26 Å². The number of ether oxygens (including phenoxy) is 1. The molecule has 0 saturated carbocycles. The van der Waals surface area contributed by atoms with Crippen LogP contribution in [0.1, 0.15) is 11.1 Å². The Morgan fingerprint density at radius 3 is 2.62 bits per heavy atom. The Labute approximate surface area is 162 Å². The van der Waals surface area contributed by atoms with E-state index in [9.17, 15) is 4.79 Å². The maximum atomic E-state index is 11.8. The third-order valence-electron chi connectivity index (χ3n) is 3.29. The number of rotatable bonds is 6. The molecule has 26 heavy (non-hydrogen) atoms. The zero-order valence-electron chi connectivity index (χ0n) is 13.8. The van der Waals surface area contributed by atoms with Gasteiger partial charge < -0.3 is 10.1 Å². The molecule has 8 heteroatoms. The van der Waals surface area contributed by atoms with Crippen LogP contribution in [0.2, 0.25) is 5.02 Å². The number of nitrogens with one attached hydrogen (secondary N) is 3. The molecule has 0 aromatic heterocycles. The summed E-state index contributed by atoms with van der Waals surface area (Å²) in [6.45, 7) is 0.370. The standard InChI is InChI=1S/C18H17ClN4O2S/c19-15-7-5-13(6-8-15)9-10-21-18(26)23-22-17(24)12-25-16-4-2-1-3-14(16)11-20/h1-8H,9-10,12H2,(H,22,24)(H2,21,23,26). The van der Waals surface area contributed by atoms with E-state index in [0.29, 0.717) is 28.0 Å². The van der Waals surface area contributed by atoms with E-state index < -0.39 is 5.91 Å². The van der Waals surface area contributed by atoms with E-state index >= 15 is 0 Å². The van der Waals surface area contributed by atoms with Crippen molar-refractivity contribution in [2.24, 2.45) is 0 Å². The van der Waals surface area contributed by atoms with E-state index in [1.54, 1.807) is 24.3 Å². The van der Waals surface area contributed by atoms with Crippen LogP contribution in [0.4, 0.5) is 0 Å². The highest BCUT2D eigenvalue weighted by Gasteiger charge is 2.06. The number of hydrogen-bond donors (Lipinski definition) is 3. The van der Waals surface area contributed by atoms with Crippen LogP contribution in [0, 0.1) is 11.3 Å². The number of benzene rings is 2.